The molecule has 1 aromatic carbocycles. The van der Waals surface area contributed by atoms with Gasteiger partial charge in [-0.2, -0.15) is 0 Å². The minimum absolute atomic E-state index is 0.109. The average Bonchev–Trinajstić information content (AvgIpc) is 3.04. The molecule has 8 heteroatoms. The molecular formula is C22H28F3NO3S. The van der Waals surface area contributed by atoms with Gasteiger partial charge in [-0.15, -0.1) is 0 Å². The second kappa shape index (κ2) is 16.2. The summed E-state index contributed by atoms with van der Waals surface area (Å²) in [5.74, 6) is -0.0277. The Hall–Kier alpha value is -2.61. The fourth-order valence-electron chi connectivity index (χ4n) is 2.34. The van der Waals surface area contributed by atoms with Crippen LogP contribution in [0.3, 0.4) is 0 Å². The lowest BCUT2D eigenvalue weighted by molar-refractivity contribution is -0.136. The number of benzene rings is 1. The molecule has 0 saturated carbocycles. The Morgan fingerprint density at radius 3 is 2.47 bits per heavy atom. The Balaban J connectivity index is 0.00000125. The van der Waals surface area contributed by atoms with Gasteiger partial charge in [0.25, 0.3) is 0 Å². The average molecular weight is 444 g/mol. The molecule has 0 saturated heterocycles. The van der Waals surface area contributed by atoms with Gasteiger partial charge in [0.05, 0.1) is 19.3 Å². The number of carboxylic acid groups (broad SMARTS) is 1. The van der Waals surface area contributed by atoms with Crippen molar-refractivity contribution in [1.82, 2.24) is 3.97 Å². The van der Waals surface area contributed by atoms with Crippen LogP contribution in [0.25, 0.3) is 10.9 Å². The van der Waals surface area contributed by atoms with Gasteiger partial charge in [-0.25, -0.2) is 8.78 Å². The van der Waals surface area contributed by atoms with Crippen molar-refractivity contribution in [3.05, 3.63) is 65.7 Å². The van der Waals surface area contributed by atoms with Crippen LogP contribution in [-0.2, 0) is 11.2 Å². The quantitative estimate of drug-likeness (QED) is 0.463. The highest BCUT2D eigenvalue weighted by Crippen LogP contribution is 2.32. The number of hydrogen-bond donors (Lipinski definition) is 1. The summed E-state index contributed by atoms with van der Waals surface area (Å²) < 4.78 is 36.9. The summed E-state index contributed by atoms with van der Waals surface area (Å²) in [6.45, 7) is 5.14. The van der Waals surface area contributed by atoms with Crippen molar-refractivity contribution >= 4 is 28.8 Å². The fourth-order valence-corrected chi connectivity index (χ4v) is 3.23. The first-order chi connectivity index (χ1) is 14.4. The van der Waals surface area contributed by atoms with Crippen LogP contribution in [0.1, 0.15) is 25.8 Å². The third kappa shape index (κ3) is 10.2. The number of aryl methyl sites for hydroxylation is 1. The highest BCUT2D eigenvalue weighted by Gasteiger charge is 2.12. The Bertz CT molecular complexity index is 846. The number of nitrogens with zero attached hydrogens (tertiary/aromatic N) is 1. The van der Waals surface area contributed by atoms with Gasteiger partial charge in [0.2, 0.25) is 6.93 Å². The van der Waals surface area contributed by atoms with Crippen molar-refractivity contribution in [2.45, 2.75) is 26.7 Å². The number of fused-ring (bicyclic) bond motifs is 1. The van der Waals surface area contributed by atoms with E-state index in [1.807, 2.05) is 49.5 Å². The van der Waals surface area contributed by atoms with Gasteiger partial charge < -0.3 is 9.84 Å². The number of carboxylic acids is 1. The van der Waals surface area contributed by atoms with Gasteiger partial charge >= 0.3 is 5.97 Å². The molecule has 0 amide bonds. The molecule has 166 valence electrons. The number of halogens is 3. The zero-order chi connectivity index (χ0) is 22.9. The van der Waals surface area contributed by atoms with Crippen molar-refractivity contribution < 1.29 is 27.8 Å². The molecule has 0 radical (unpaired) electrons. The van der Waals surface area contributed by atoms with Gasteiger partial charge in [-0.05, 0) is 56.0 Å². The summed E-state index contributed by atoms with van der Waals surface area (Å²) in [5, 5.41) is 9.98. The second-order valence-corrected chi connectivity index (χ2v) is 6.83. The van der Waals surface area contributed by atoms with Crippen LogP contribution in [0.4, 0.5) is 13.2 Å². The van der Waals surface area contributed by atoms with E-state index in [-0.39, 0.29) is 13.1 Å². The molecule has 1 N–H and O–H groups in total. The maximum atomic E-state index is 10.9. The molecule has 0 fully saturated rings. The summed E-state index contributed by atoms with van der Waals surface area (Å²) in [4.78, 5) is 12.0. The van der Waals surface area contributed by atoms with Crippen LogP contribution in [0, 0.1) is 0 Å². The van der Waals surface area contributed by atoms with Crippen molar-refractivity contribution in [3.63, 3.8) is 0 Å². The van der Waals surface area contributed by atoms with Crippen LogP contribution >= 0.6 is 11.9 Å². The van der Waals surface area contributed by atoms with E-state index in [0.29, 0.717) is 6.42 Å². The molecule has 4 nitrogen and oxygen atoms in total. The van der Waals surface area contributed by atoms with Gasteiger partial charge in [0.1, 0.15) is 5.75 Å². The number of allylic oxidation sites excluding steroid dienone is 5. The van der Waals surface area contributed by atoms with E-state index in [1.165, 1.54) is 6.92 Å². The first-order valence-corrected chi connectivity index (χ1v) is 9.87. The van der Waals surface area contributed by atoms with E-state index in [9.17, 15) is 18.0 Å². The van der Waals surface area contributed by atoms with E-state index < -0.39 is 12.9 Å². The third-order valence-corrected chi connectivity index (χ3v) is 4.41. The smallest absolute Gasteiger partial charge is 0.303 e. The zero-order valence-corrected chi connectivity index (χ0v) is 18.2. The van der Waals surface area contributed by atoms with Crippen LogP contribution in [0.15, 0.2) is 60.2 Å². The minimum Gasteiger partial charge on any atom is -0.497 e. The summed E-state index contributed by atoms with van der Waals surface area (Å²) in [7, 11) is 1.63. The van der Waals surface area contributed by atoms with E-state index in [4.69, 9.17) is 9.84 Å². The number of alkyl halides is 3. The predicted molar refractivity (Wildman–Crippen MR) is 119 cm³/mol. The molecule has 2 rings (SSSR count). The van der Waals surface area contributed by atoms with Crippen LogP contribution in [-0.4, -0.2) is 35.8 Å². The van der Waals surface area contributed by atoms with Gasteiger partial charge in [0, 0.05) is 22.9 Å². The monoisotopic (exact) mass is 443 g/mol. The largest absolute Gasteiger partial charge is 0.497 e. The van der Waals surface area contributed by atoms with Crippen molar-refractivity contribution in [3.8, 4) is 5.75 Å². The Morgan fingerprint density at radius 1 is 1.30 bits per heavy atom. The molecule has 2 aromatic rings. The van der Waals surface area contributed by atoms with Crippen molar-refractivity contribution in [2.24, 2.45) is 0 Å². The molecule has 0 aliphatic rings. The van der Waals surface area contributed by atoms with E-state index in [2.05, 4.69) is 10.6 Å². The van der Waals surface area contributed by atoms with Crippen LogP contribution in [0.2, 0.25) is 0 Å². The van der Waals surface area contributed by atoms with Gasteiger partial charge in [-0.1, -0.05) is 30.9 Å². The Kier molecular flexibility index (Phi) is 14.8. The molecule has 0 aliphatic carbocycles. The number of carbonyl (C=O) groups is 1. The maximum absolute atomic E-state index is 10.9. The summed E-state index contributed by atoms with van der Waals surface area (Å²) >= 11 is 1.60. The zero-order valence-electron chi connectivity index (χ0n) is 17.4. The second-order valence-electron chi connectivity index (χ2n) is 5.61. The molecule has 0 unspecified atom stereocenters. The number of aromatic nitrogens is 1. The molecule has 0 aliphatic heterocycles. The summed E-state index contributed by atoms with van der Waals surface area (Å²) in [6, 6.07) is 5.87. The van der Waals surface area contributed by atoms with Crippen LogP contribution in [0.5, 0.6) is 5.75 Å². The predicted octanol–water partition coefficient (Wildman–Crippen LogP) is 6.67. The summed E-state index contributed by atoms with van der Waals surface area (Å²) in [6.07, 6.45) is 10.2. The topological polar surface area (TPSA) is 51.5 Å². The molecule has 0 atom stereocenters. The molecule has 0 bridgehead atoms. The fraction of sp³-hybridized carbons (Fsp3) is 0.318. The lowest BCUT2D eigenvalue weighted by Gasteiger charge is -2.05. The van der Waals surface area contributed by atoms with Crippen molar-refractivity contribution in [2.75, 3.05) is 20.7 Å². The Labute approximate surface area is 179 Å². The number of aliphatic carboxylic acids is 1. The first-order valence-electron chi connectivity index (χ1n) is 9.10. The van der Waals surface area contributed by atoms with Gasteiger partial charge in [0.15, 0.2) is 0 Å². The first kappa shape index (κ1) is 27.4. The number of hydrogen-bond acceptors (Lipinski definition) is 3. The van der Waals surface area contributed by atoms with Gasteiger partial charge in [-0.3, -0.25) is 13.2 Å². The van der Waals surface area contributed by atoms with Crippen molar-refractivity contribution in [1.29, 1.82) is 0 Å². The number of ether oxygens (including phenoxy) is 1. The third-order valence-electron chi connectivity index (χ3n) is 3.49. The van der Waals surface area contributed by atoms with E-state index in [1.54, 1.807) is 25.1 Å². The molecular weight excluding hydrogens is 415 g/mol. The van der Waals surface area contributed by atoms with E-state index in [0.717, 1.165) is 27.1 Å². The van der Waals surface area contributed by atoms with Crippen LogP contribution < -0.4 is 4.74 Å². The molecule has 1 heterocycles. The SMILES string of the molecule is C=C/C=C\C=C(/C)Sn1cc(CCC(=O)O)c2cc(OC)ccc21.CCF.FCF. The summed E-state index contributed by atoms with van der Waals surface area (Å²) in [5.41, 5.74) is 2.05. The van der Waals surface area contributed by atoms with E-state index >= 15 is 0 Å². The highest BCUT2D eigenvalue weighted by molar-refractivity contribution is 8.01. The normalized spacial score (nSPS) is 10.8. The Morgan fingerprint density at radius 2 is 1.93 bits per heavy atom. The molecule has 1 aromatic heterocycles. The highest BCUT2D eigenvalue weighted by atomic mass is 32.2. The number of methoxy groups -OCH3 is 1. The number of rotatable bonds is 8. The minimum atomic E-state index is -1.75. The lowest BCUT2D eigenvalue weighted by Crippen LogP contribution is -1.96. The molecule has 30 heavy (non-hydrogen) atoms. The lowest BCUT2D eigenvalue weighted by atomic mass is 10.1. The maximum Gasteiger partial charge on any atom is 0.303 e. The molecule has 0 spiro atoms. The standard InChI is InChI=1S/C19H21NO3S.C2H5F.CH2F2/c1-4-5-6-7-14(2)24-20-13-15(8-11-19(21)22)17-12-16(23-3)9-10-18(17)20;1-2-3;2-1-3/h4-7,9-10,12-13H,1,8,11H2,2-3H3,(H,21,22);2H2,1H3;1H2/b6-5-,14-7+;;.